The molecule has 6 nitrogen and oxygen atoms in total. The van der Waals surface area contributed by atoms with E-state index in [0.717, 1.165) is 0 Å². The molecule has 0 aromatic heterocycles. The van der Waals surface area contributed by atoms with E-state index in [1.807, 2.05) is 0 Å². The highest BCUT2D eigenvalue weighted by molar-refractivity contribution is 5.81. The standard InChI is InChI=1S/C13H23NO5/c1-6-7-8-18-9-10(11(15)17-5)14-12(16)19-13(2,3)4/h6,10H,1,7-9H2,2-5H3,(H,14,16)/t10-/m0/s1. The molecule has 0 aromatic carbocycles. The molecular formula is C13H23NO5. The van der Waals surface area contributed by atoms with Crippen LogP contribution in [0.25, 0.3) is 0 Å². The van der Waals surface area contributed by atoms with Gasteiger partial charge in [-0.2, -0.15) is 0 Å². The predicted molar refractivity (Wildman–Crippen MR) is 70.8 cm³/mol. The van der Waals surface area contributed by atoms with Gasteiger partial charge in [-0.05, 0) is 27.2 Å². The molecule has 0 aliphatic heterocycles. The van der Waals surface area contributed by atoms with Crippen LogP contribution >= 0.6 is 0 Å². The third-order valence-corrected chi connectivity index (χ3v) is 1.93. The van der Waals surface area contributed by atoms with E-state index in [0.29, 0.717) is 13.0 Å². The Morgan fingerprint density at radius 3 is 2.47 bits per heavy atom. The van der Waals surface area contributed by atoms with Gasteiger partial charge in [0.15, 0.2) is 6.04 Å². The van der Waals surface area contributed by atoms with Crippen LogP contribution in [0, 0.1) is 0 Å². The zero-order chi connectivity index (χ0) is 14.9. The van der Waals surface area contributed by atoms with Crippen LogP contribution in [0.5, 0.6) is 0 Å². The highest BCUT2D eigenvalue weighted by Crippen LogP contribution is 2.07. The summed E-state index contributed by atoms with van der Waals surface area (Å²) in [7, 11) is 1.25. The van der Waals surface area contributed by atoms with E-state index in [1.54, 1.807) is 26.8 Å². The number of amides is 1. The van der Waals surface area contributed by atoms with Crippen molar-refractivity contribution in [3.05, 3.63) is 12.7 Å². The first-order valence-electron chi connectivity index (χ1n) is 6.06. The van der Waals surface area contributed by atoms with Gasteiger partial charge in [0.1, 0.15) is 5.60 Å². The lowest BCUT2D eigenvalue weighted by molar-refractivity contribution is -0.144. The van der Waals surface area contributed by atoms with Crippen LogP contribution in [0.1, 0.15) is 27.2 Å². The van der Waals surface area contributed by atoms with Crippen LogP contribution in [0.3, 0.4) is 0 Å². The van der Waals surface area contributed by atoms with Crippen LogP contribution < -0.4 is 5.32 Å². The number of carbonyl (C=O) groups excluding carboxylic acids is 2. The number of hydrogen-bond donors (Lipinski definition) is 1. The molecule has 1 amide bonds. The fourth-order valence-corrected chi connectivity index (χ4v) is 1.13. The summed E-state index contributed by atoms with van der Waals surface area (Å²) >= 11 is 0. The lowest BCUT2D eigenvalue weighted by Gasteiger charge is -2.22. The fourth-order valence-electron chi connectivity index (χ4n) is 1.13. The van der Waals surface area contributed by atoms with Gasteiger partial charge in [-0.1, -0.05) is 6.08 Å². The maximum absolute atomic E-state index is 11.6. The van der Waals surface area contributed by atoms with Crippen molar-refractivity contribution in [2.45, 2.75) is 38.8 Å². The highest BCUT2D eigenvalue weighted by atomic mass is 16.6. The number of carbonyl (C=O) groups is 2. The Hall–Kier alpha value is -1.56. The minimum absolute atomic E-state index is 0.0275. The van der Waals surface area contributed by atoms with Gasteiger partial charge >= 0.3 is 12.1 Å². The van der Waals surface area contributed by atoms with Crippen LogP contribution in [0.4, 0.5) is 4.79 Å². The molecule has 19 heavy (non-hydrogen) atoms. The van der Waals surface area contributed by atoms with Crippen molar-refractivity contribution in [2.24, 2.45) is 0 Å². The SMILES string of the molecule is C=CCCOC[C@H](NC(=O)OC(C)(C)C)C(=O)OC. The van der Waals surface area contributed by atoms with E-state index in [4.69, 9.17) is 9.47 Å². The Morgan fingerprint density at radius 1 is 1.37 bits per heavy atom. The van der Waals surface area contributed by atoms with Crippen molar-refractivity contribution < 1.29 is 23.8 Å². The summed E-state index contributed by atoms with van der Waals surface area (Å²) in [5.74, 6) is -0.579. The minimum atomic E-state index is -0.885. The molecule has 0 rings (SSSR count). The molecule has 0 bridgehead atoms. The molecular weight excluding hydrogens is 250 g/mol. The first kappa shape index (κ1) is 17.4. The Kier molecular flexibility index (Phi) is 7.83. The zero-order valence-corrected chi connectivity index (χ0v) is 12.0. The molecule has 0 radical (unpaired) electrons. The van der Waals surface area contributed by atoms with Crippen molar-refractivity contribution >= 4 is 12.1 Å². The van der Waals surface area contributed by atoms with E-state index in [-0.39, 0.29) is 6.61 Å². The Morgan fingerprint density at radius 2 is 2.00 bits per heavy atom. The van der Waals surface area contributed by atoms with Crippen molar-refractivity contribution in [2.75, 3.05) is 20.3 Å². The van der Waals surface area contributed by atoms with Gasteiger partial charge < -0.3 is 19.5 Å². The minimum Gasteiger partial charge on any atom is -0.467 e. The lowest BCUT2D eigenvalue weighted by Crippen LogP contribution is -2.46. The lowest BCUT2D eigenvalue weighted by atomic mass is 10.2. The largest absolute Gasteiger partial charge is 0.467 e. The molecule has 110 valence electrons. The molecule has 0 spiro atoms. The molecule has 0 saturated heterocycles. The summed E-state index contributed by atoms with van der Waals surface area (Å²) in [5, 5.41) is 2.41. The number of methoxy groups -OCH3 is 1. The monoisotopic (exact) mass is 273 g/mol. The second kappa shape index (κ2) is 8.53. The number of hydrogen-bond acceptors (Lipinski definition) is 5. The van der Waals surface area contributed by atoms with Gasteiger partial charge in [-0.15, -0.1) is 6.58 Å². The Bertz CT molecular complexity index is 309. The smallest absolute Gasteiger partial charge is 0.408 e. The molecule has 6 heteroatoms. The van der Waals surface area contributed by atoms with Crippen molar-refractivity contribution in [3.8, 4) is 0 Å². The average Bonchev–Trinajstić information content (AvgIpc) is 2.29. The van der Waals surface area contributed by atoms with Crippen molar-refractivity contribution in [1.82, 2.24) is 5.32 Å². The highest BCUT2D eigenvalue weighted by Gasteiger charge is 2.25. The number of alkyl carbamates (subject to hydrolysis) is 1. The molecule has 0 fully saturated rings. The summed E-state index contributed by atoms with van der Waals surface area (Å²) < 4.78 is 14.9. The third kappa shape index (κ3) is 9.07. The van der Waals surface area contributed by atoms with E-state index in [1.165, 1.54) is 7.11 Å². The maximum Gasteiger partial charge on any atom is 0.408 e. The Balaban J connectivity index is 4.30. The number of rotatable bonds is 7. The number of ether oxygens (including phenoxy) is 3. The van der Waals surface area contributed by atoms with Crippen LogP contribution in [0.15, 0.2) is 12.7 Å². The predicted octanol–water partition coefficient (Wildman–Crippen LogP) is 1.65. The fraction of sp³-hybridized carbons (Fsp3) is 0.692. The first-order chi connectivity index (χ1) is 8.80. The van der Waals surface area contributed by atoms with Crippen molar-refractivity contribution in [1.29, 1.82) is 0 Å². The maximum atomic E-state index is 11.6. The van der Waals surface area contributed by atoms with Gasteiger partial charge in [0.05, 0.1) is 20.3 Å². The number of esters is 1. The molecule has 1 N–H and O–H groups in total. The van der Waals surface area contributed by atoms with E-state index >= 15 is 0 Å². The quantitative estimate of drug-likeness (QED) is 0.433. The van der Waals surface area contributed by atoms with E-state index in [9.17, 15) is 9.59 Å². The van der Waals surface area contributed by atoms with Crippen molar-refractivity contribution in [3.63, 3.8) is 0 Å². The van der Waals surface area contributed by atoms with Gasteiger partial charge in [-0.3, -0.25) is 0 Å². The number of nitrogens with one attached hydrogen (secondary N) is 1. The summed E-state index contributed by atoms with van der Waals surface area (Å²) in [6, 6.07) is -0.885. The molecule has 0 heterocycles. The molecule has 0 aliphatic rings. The summed E-state index contributed by atoms with van der Waals surface area (Å²) in [4.78, 5) is 23.0. The van der Waals surface area contributed by atoms with E-state index < -0.39 is 23.7 Å². The topological polar surface area (TPSA) is 73.9 Å². The molecule has 0 saturated carbocycles. The second-order valence-corrected chi connectivity index (χ2v) is 4.87. The molecule has 0 unspecified atom stereocenters. The van der Waals surface area contributed by atoms with Gasteiger partial charge in [0, 0.05) is 0 Å². The van der Waals surface area contributed by atoms with Crippen LogP contribution in [-0.4, -0.2) is 44.0 Å². The normalized spacial score (nSPS) is 12.4. The van der Waals surface area contributed by atoms with Gasteiger partial charge in [0.25, 0.3) is 0 Å². The summed E-state index contributed by atoms with van der Waals surface area (Å²) in [5.41, 5.74) is -0.631. The molecule has 0 aromatic rings. The van der Waals surface area contributed by atoms with Gasteiger partial charge in [0.2, 0.25) is 0 Å². The van der Waals surface area contributed by atoms with Gasteiger partial charge in [-0.25, -0.2) is 9.59 Å². The van der Waals surface area contributed by atoms with Crippen LogP contribution in [0.2, 0.25) is 0 Å². The zero-order valence-electron chi connectivity index (χ0n) is 12.0. The average molecular weight is 273 g/mol. The summed E-state index contributed by atoms with van der Waals surface area (Å²) in [6.07, 6.45) is 1.68. The first-order valence-corrected chi connectivity index (χ1v) is 6.06. The second-order valence-electron chi connectivity index (χ2n) is 4.87. The third-order valence-electron chi connectivity index (χ3n) is 1.93. The molecule has 0 aliphatic carbocycles. The molecule has 1 atom stereocenters. The summed E-state index contributed by atoms with van der Waals surface area (Å²) in [6.45, 7) is 9.22. The van der Waals surface area contributed by atoms with Crippen LogP contribution in [-0.2, 0) is 19.0 Å². The van der Waals surface area contributed by atoms with E-state index in [2.05, 4.69) is 16.6 Å². The Labute approximate surface area is 114 Å².